The molecule has 0 saturated heterocycles. The lowest BCUT2D eigenvalue weighted by atomic mass is 9.93. The van der Waals surface area contributed by atoms with Gasteiger partial charge in [-0.1, -0.05) is 0 Å². The Kier molecular flexibility index (Phi) is 3.32. The highest BCUT2D eigenvalue weighted by Crippen LogP contribution is 2.24. The van der Waals surface area contributed by atoms with E-state index in [0.29, 0.717) is 12.8 Å². The van der Waals surface area contributed by atoms with Gasteiger partial charge in [0.05, 0.1) is 11.4 Å². The fourth-order valence-corrected chi connectivity index (χ4v) is 2.88. The molecule has 0 aliphatic heterocycles. The van der Waals surface area contributed by atoms with Crippen molar-refractivity contribution >= 4 is 9.84 Å². The van der Waals surface area contributed by atoms with E-state index in [4.69, 9.17) is 10.5 Å². The maximum atomic E-state index is 11.3. The minimum absolute atomic E-state index is 0.0111. The molecule has 0 aromatic rings. The van der Waals surface area contributed by atoms with Crippen LogP contribution in [-0.4, -0.2) is 39.2 Å². The first-order valence-corrected chi connectivity index (χ1v) is 6.38. The number of methoxy groups -OCH3 is 1. The van der Waals surface area contributed by atoms with Crippen molar-refractivity contribution in [3.05, 3.63) is 0 Å². The number of ether oxygens (including phenoxy) is 1. The Hall–Kier alpha value is -0.130. The predicted octanol–water partition coefficient (Wildman–Crippen LogP) is -0.0742. The second-order valence-electron chi connectivity index (χ2n) is 3.70. The molecule has 0 spiro atoms. The molecule has 0 aromatic carbocycles. The second-order valence-corrected chi connectivity index (χ2v) is 6.03. The number of hydrogen-bond donors (Lipinski definition) is 1. The minimum atomic E-state index is -2.93. The maximum Gasteiger partial charge on any atom is 0.150 e. The number of rotatable bonds is 2. The van der Waals surface area contributed by atoms with Gasteiger partial charge in [-0.05, 0) is 19.3 Å². The van der Waals surface area contributed by atoms with Gasteiger partial charge in [0.15, 0.2) is 0 Å². The summed E-state index contributed by atoms with van der Waals surface area (Å²) in [5.74, 6) is 0. The van der Waals surface area contributed by atoms with Crippen molar-refractivity contribution in [3.8, 4) is 0 Å². The first-order valence-electron chi connectivity index (χ1n) is 4.42. The zero-order valence-corrected chi connectivity index (χ0v) is 8.88. The van der Waals surface area contributed by atoms with Crippen LogP contribution in [0.2, 0.25) is 0 Å². The van der Waals surface area contributed by atoms with Gasteiger partial charge in [-0.3, -0.25) is 0 Å². The van der Waals surface area contributed by atoms with Crippen molar-refractivity contribution in [1.82, 2.24) is 0 Å². The molecule has 0 radical (unpaired) electrons. The van der Waals surface area contributed by atoms with E-state index in [1.165, 1.54) is 6.26 Å². The standard InChI is InChI=1S/C8H17NO3S/c1-12-8-5-6(13(2,10)11)3-4-7(8)9/h6-8H,3-5,9H2,1-2H3. The Morgan fingerprint density at radius 1 is 1.38 bits per heavy atom. The molecule has 0 amide bonds. The quantitative estimate of drug-likeness (QED) is 0.688. The highest BCUT2D eigenvalue weighted by molar-refractivity contribution is 7.91. The van der Waals surface area contributed by atoms with E-state index >= 15 is 0 Å². The van der Waals surface area contributed by atoms with Crippen LogP contribution in [0, 0.1) is 0 Å². The van der Waals surface area contributed by atoms with Crippen LogP contribution in [0.1, 0.15) is 19.3 Å². The van der Waals surface area contributed by atoms with E-state index in [0.717, 1.165) is 6.42 Å². The van der Waals surface area contributed by atoms with E-state index in [1.807, 2.05) is 0 Å². The van der Waals surface area contributed by atoms with Gasteiger partial charge in [-0.25, -0.2) is 8.42 Å². The van der Waals surface area contributed by atoms with Crippen LogP contribution in [0.5, 0.6) is 0 Å². The van der Waals surface area contributed by atoms with Crippen LogP contribution < -0.4 is 5.73 Å². The highest BCUT2D eigenvalue weighted by Gasteiger charge is 2.33. The summed E-state index contributed by atoms with van der Waals surface area (Å²) < 4.78 is 27.7. The molecule has 2 N–H and O–H groups in total. The first-order chi connectivity index (χ1) is 5.95. The molecule has 3 unspecified atom stereocenters. The lowest BCUT2D eigenvalue weighted by Crippen LogP contribution is -2.44. The normalized spacial score (nSPS) is 36.1. The zero-order chi connectivity index (χ0) is 10.1. The average molecular weight is 207 g/mol. The van der Waals surface area contributed by atoms with Crippen molar-refractivity contribution < 1.29 is 13.2 Å². The average Bonchev–Trinajstić information content (AvgIpc) is 2.03. The molecule has 3 atom stereocenters. The Balaban J connectivity index is 2.65. The molecule has 1 aliphatic rings. The van der Waals surface area contributed by atoms with Gasteiger partial charge in [0.2, 0.25) is 0 Å². The number of nitrogens with two attached hydrogens (primary N) is 1. The van der Waals surface area contributed by atoms with Crippen molar-refractivity contribution in [2.45, 2.75) is 36.7 Å². The maximum absolute atomic E-state index is 11.3. The van der Waals surface area contributed by atoms with Crippen LogP contribution in [0.3, 0.4) is 0 Å². The van der Waals surface area contributed by atoms with Crippen LogP contribution in [-0.2, 0) is 14.6 Å². The summed E-state index contributed by atoms with van der Waals surface area (Å²) in [7, 11) is -1.35. The molecule has 0 bridgehead atoms. The van der Waals surface area contributed by atoms with Crippen LogP contribution in [0.4, 0.5) is 0 Å². The van der Waals surface area contributed by atoms with Gasteiger partial charge < -0.3 is 10.5 Å². The van der Waals surface area contributed by atoms with Crippen LogP contribution in [0.25, 0.3) is 0 Å². The molecular weight excluding hydrogens is 190 g/mol. The Labute approximate surface area is 79.4 Å². The van der Waals surface area contributed by atoms with Gasteiger partial charge in [0, 0.05) is 19.4 Å². The third-order valence-electron chi connectivity index (χ3n) is 2.70. The zero-order valence-electron chi connectivity index (χ0n) is 8.06. The van der Waals surface area contributed by atoms with Gasteiger partial charge in [0.25, 0.3) is 0 Å². The smallest absolute Gasteiger partial charge is 0.150 e. The van der Waals surface area contributed by atoms with Crippen molar-refractivity contribution in [2.24, 2.45) is 5.73 Å². The Bertz CT molecular complexity index is 263. The third kappa shape index (κ3) is 2.65. The SMILES string of the molecule is COC1CC(S(C)(=O)=O)CCC1N. The highest BCUT2D eigenvalue weighted by atomic mass is 32.2. The van der Waals surface area contributed by atoms with Gasteiger partial charge in [-0.15, -0.1) is 0 Å². The summed E-state index contributed by atoms with van der Waals surface area (Å²) in [5, 5.41) is -0.266. The molecule has 0 heterocycles. The van der Waals surface area contributed by atoms with Gasteiger partial charge >= 0.3 is 0 Å². The summed E-state index contributed by atoms with van der Waals surface area (Å²) in [6.07, 6.45) is 3.11. The van der Waals surface area contributed by atoms with E-state index in [-0.39, 0.29) is 17.4 Å². The predicted molar refractivity (Wildman–Crippen MR) is 51.3 cm³/mol. The van der Waals surface area contributed by atoms with Gasteiger partial charge in [0.1, 0.15) is 9.84 Å². The van der Waals surface area contributed by atoms with E-state index in [2.05, 4.69) is 0 Å². The van der Waals surface area contributed by atoms with Crippen molar-refractivity contribution in [3.63, 3.8) is 0 Å². The fourth-order valence-electron chi connectivity index (χ4n) is 1.78. The topological polar surface area (TPSA) is 69.4 Å². The summed E-state index contributed by atoms with van der Waals surface area (Å²) in [6, 6.07) is -0.0111. The lowest BCUT2D eigenvalue weighted by molar-refractivity contribution is 0.0557. The second kappa shape index (κ2) is 3.94. The number of hydrogen-bond acceptors (Lipinski definition) is 4. The molecule has 1 fully saturated rings. The van der Waals surface area contributed by atoms with E-state index in [1.54, 1.807) is 7.11 Å². The van der Waals surface area contributed by atoms with E-state index in [9.17, 15) is 8.42 Å². The number of sulfone groups is 1. The van der Waals surface area contributed by atoms with Crippen molar-refractivity contribution in [2.75, 3.05) is 13.4 Å². The first kappa shape index (κ1) is 10.9. The molecule has 13 heavy (non-hydrogen) atoms. The molecule has 5 heteroatoms. The Morgan fingerprint density at radius 2 is 2.00 bits per heavy atom. The largest absolute Gasteiger partial charge is 0.380 e. The van der Waals surface area contributed by atoms with E-state index < -0.39 is 9.84 Å². The molecule has 0 aromatic heterocycles. The molecule has 1 rings (SSSR count). The van der Waals surface area contributed by atoms with Crippen LogP contribution >= 0.6 is 0 Å². The molecule has 4 nitrogen and oxygen atoms in total. The lowest BCUT2D eigenvalue weighted by Gasteiger charge is -2.31. The minimum Gasteiger partial charge on any atom is -0.380 e. The van der Waals surface area contributed by atoms with Crippen LogP contribution in [0.15, 0.2) is 0 Å². The Morgan fingerprint density at radius 3 is 2.46 bits per heavy atom. The third-order valence-corrected chi connectivity index (χ3v) is 4.34. The summed E-state index contributed by atoms with van der Waals surface area (Å²) >= 11 is 0. The molecule has 78 valence electrons. The summed E-state index contributed by atoms with van der Waals surface area (Å²) in [4.78, 5) is 0. The fraction of sp³-hybridized carbons (Fsp3) is 1.00. The molecule has 1 aliphatic carbocycles. The monoisotopic (exact) mass is 207 g/mol. The summed E-state index contributed by atoms with van der Waals surface area (Å²) in [5.41, 5.74) is 5.78. The molecular formula is C8H17NO3S. The van der Waals surface area contributed by atoms with Crippen molar-refractivity contribution in [1.29, 1.82) is 0 Å². The summed E-state index contributed by atoms with van der Waals surface area (Å²) in [6.45, 7) is 0. The molecule has 1 saturated carbocycles. The van der Waals surface area contributed by atoms with Gasteiger partial charge in [-0.2, -0.15) is 0 Å².